The minimum atomic E-state index is 0.310. The van der Waals surface area contributed by atoms with Crippen molar-refractivity contribution in [2.24, 2.45) is 5.73 Å². The maximum atomic E-state index is 5.69. The van der Waals surface area contributed by atoms with E-state index in [4.69, 9.17) is 10.5 Å². The van der Waals surface area contributed by atoms with Crippen molar-refractivity contribution in [3.05, 3.63) is 29.3 Å². The second-order valence-corrected chi connectivity index (χ2v) is 3.56. The second-order valence-electron chi connectivity index (χ2n) is 3.56. The van der Waals surface area contributed by atoms with E-state index in [9.17, 15) is 0 Å². The summed E-state index contributed by atoms with van der Waals surface area (Å²) in [6, 6.07) is 6.52. The van der Waals surface area contributed by atoms with Crippen LogP contribution in [0.15, 0.2) is 18.2 Å². The molecule has 0 bridgehead atoms. The van der Waals surface area contributed by atoms with Crippen LogP contribution in [0.3, 0.4) is 0 Å². The topological polar surface area (TPSA) is 47.3 Å². The quantitative estimate of drug-likeness (QED) is 0.730. The largest absolute Gasteiger partial charge is 0.497 e. The Morgan fingerprint density at radius 3 is 3.14 bits per heavy atom. The van der Waals surface area contributed by atoms with Crippen molar-refractivity contribution in [3.8, 4) is 5.75 Å². The summed E-state index contributed by atoms with van der Waals surface area (Å²) in [5.41, 5.74) is 8.37. The number of benzene rings is 1. The van der Waals surface area contributed by atoms with Gasteiger partial charge in [-0.1, -0.05) is 6.07 Å². The number of ether oxygens (including phenoxy) is 1. The van der Waals surface area contributed by atoms with Crippen LogP contribution in [-0.4, -0.2) is 20.2 Å². The van der Waals surface area contributed by atoms with Crippen LogP contribution in [0.5, 0.6) is 5.75 Å². The van der Waals surface area contributed by atoms with Gasteiger partial charge in [0.2, 0.25) is 0 Å². The fraction of sp³-hybridized carbons (Fsp3) is 0.455. The van der Waals surface area contributed by atoms with Crippen LogP contribution in [0.25, 0.3) is 0 Å². The van der Waals surface area contributed by atoms with Crippen LogP contribution in [-0.2, 0) is 6.42 Å². The molecule has 0 saturated heterocycles. The van der Waals surface area contributed by atoms with Gasteiger partial charge in [-0.2, -0.15) is 0 Å². The van der Waals surface area contributed by atoms with Crippen molar-refractivity contribution in [3.63, 3.8) is 0 Å². The summed E-state index contributed by atoms with van der Waals surface area (Å²) in [6.07, 6.45) is 1.06. The first-order valence-corrected chi connectivity index (χ1v) is 4.95. The van der Waals surface area contributed by atoms with Crippen LogP contribution >= 0.6 is 0 Å². The third-order valence-corrected chi connectivity index (χ3v) is 2.75. The molecule has 3 heteroatoms. The average molecular weight is 192 g/mol. The van der Waals surface area contributed by atoms with Crippen LogP contribution in [0.2, 0.25) is 0 Å². The lowest BCUT2D eigenvalue weighted by molar-refractivity contribution is 0.412. The molecule has 0 spiro atoms. The molecule has 1 atom stereocenters. The summed E-state index contributed by atoms with van der Waals surface area (Å²) in [7, 11) is 1.70. The smallest absolute Gasteiger partial charge is 0.119 e. The van der Waals surface area contributed by atoms with Gasteiger partial charge in [0.1, 0.15) is 5.75 Å². The molecule has 76 valence electrons. The average Bonchev–Trinajstić information content (AvgIpc) is 2.27. The highest BCUT2D eigenvalue weighted by Gasteiger charge is 2.18. The molecule has 14 heavy (non-hydrogen) atoms. The van der Waals surface area contributed by atoms with Crippen LogP contribution in [0, 0.1) is 0 Å². The Hall–Kier alpha value is -1.06. The van der Waals surface area contributed by atoms with E-state index in [0.29, 0.717) is 12.6 Å². The van der Waals surface area contributed by atoms with Gasteiger partial charge in [-0.15, -0.1) is 0 Å². The molecule has 1 aromatic carbocycles. The molecule has 1 aliphatic heterocycles. The molecule has 3 nitrogen and oxygen atoms in total. The highest BCUT2D eigenvalue weighted by Crippen LogP contribution is 2.25. The Labute approximate surface area is 84.3 Å². The first-order valence-electron chi connectivity index (χ1n) is 4.95. The lowest BCUT2D eigenvalue weighted by atomic mass is 9.94. The van der Waals surface area contributed by atoms with Gasteiger partial charge in [0.25, 0.3) is 0 Å². The highest BCUT2D eigenvalue weighted by molar-refractivity contribution is 5.39. The van der Waals surface area contributed by atoms with Crippen molar-refractivity contribution < 1.29 is 4.74 Å². The Morgan fingerprint density at radius 2 is 2.43 bits per heavy atom. The number of hydrogen-bond acceptors (Lipinski definition) is 3. The van der Waals surface area contributed by atoms with Crippen LogP contribution in [0.4, 0.5) is 0 Å². The Balaban J connectivity index is 2.35. The molecule has 0 aliphatic carbocycles. The zero-order valence-electron chi connectivity index (χ0n) is 8.42. The van der Waals surface area contributed by atoms with Crippen molar-refractivity contribution in [2.75, 3.05) is 20.2 Å². The van der Waals surface area contributed by atoms with Crippen molar-refractivity contribution >= 4 is 0 Å². The predicted molar refractivity (Wildman–Crippen MR) is 56.5 cm³/mol. The van der Waals surface area contributed by atoms with E-state index < -0.39 is 0 Å². The number of fused-ring (bicyclic) bond motifs is 1. The number of hydrogen-bond donors (Lipinski definition) is 2. The fourth-order valence-electron chi connectivity index (χ4n) is 1.97. The first kappa shape index (κ1) is 9.49. The van der Waals surface area contributed by atoms with Gasteiger partial charge >= 0.3 is 0 Å². The Bertz CT molecular complexity index is 325. The van der Waals surface area contributed by atoms with E-state index >= 15 is 0 Å². The summed E-state index contributed by atoms with van der Waals surface area (Å²) in [6.45, 7) is 1.65. The van der Waals surface area contributed by atoms with E-state index in [1.807, 2.05) is 6.07 Å². The molecule has 0 radical (unpaired) electrons. The molecule has 0 saturated carbocycles. The lowest BCUT2D eigenvalue weighted by Gasteiger charge is -2.26. The number of rotatable bonds is 2. The first-order chi connectivity index (χ1) is 6.85. The minimum Gasteiger partial charge on any atom is -0.497 e. The van der Waals surface area contributed by atoms with E-state index in [0.717, 1.165) is 18.7 Å². The van der Waals surface area contributed by atoms with Gasteiger partial charge in [0, 0.05) is 12.6 Å². The third-order valence-electron chi connectivity index (χ3n) is 2.75. The summed E-state index contributed by atoms with van der Waals surface area (Å²) in [4.78, 5) is 0. The van der Waals surface area contributed by atoms with E-state index in [1.165, 1.54) is 11.1 Å². The number of nitrogens with two attached hydrogens (primary N) is 1. The monoisotopic (exact) mass is 192 g/mol. The summed E-state index contributed by atoms with van der Waals surface area (Å²) in [5.74, 6) is 0.932. The van der Waals surface area contributed by atoms with Gasteiger partial charge in [0.15, 0.2) is 0 Å². The maximum Gasteiger partial charge on any atom is 0.119 e. The van der Waals surface area contributed by atoms with E-state index in [2.05, 4.69) is 17.4 Å². The Kier molecular flexibility index (Phi) is 2.70. The van der Waals surface area contributed by atoms with Gasteiger partial charge < -0.3 is 15.8 Å². The van der Waals surface area contributed by atoms with Crippen molar-refractivity contribution in [2.45, 2.75) is 12.5 Å². The summed E-state index contributed by atoms with van der Waals surface area (Å²) >= 11 is 0. The summed E-state index contributed by atoms with van der Waals surface area (Å²) in [5, 5.41) is 3.40. The fourth-order valence-corrected chi connectivity index (χ4v) is 1.97. The minimum absolute atomic E-state index is 0.310. The van der Waals surface area contributed by atoms with Crippen molar-refractivity contribution in [1.82, 2.24) is 5.32 Å². The molecule has 0 aromatic heterocycles. The SMILES string of the molecule is COc1ccc2c(c1)CCNC2CN. The lowest BCUT2D eigenvalue weighted by Crippen LogP contribution is -2.34. The number of nitrogens with one attached hydrogen (secondary N) is 1. The van der Waals surface area contributed by atoms with Gasteiger partial charge in [-0.25, -0.2) is 0 Å². The zero-order valence-corrected chi connectivity index (χ0v) is 8.42. The molecule has 0 fully saturated rings. The second kappa shape index (κ2) is 3.98. The van der Waals surface area contributed by atoms with E-state index in [-0.39, 0.29) is 0 Å². The number of methoxy groups -OCH3 is 1. The molecule has 3 N–H and O–H groups in total. The summed E-state index contributed by atoms with van der Waals surface area (Å²) < 4.78 is 5.20. The molecule has 1 aliphatic rings. The highest BCUT2D eigenvalue weighted by atomic mass is 16.5. The molecular formula is C11H16N2O. The Morgan fingerprint density at radius 1 is 1.57 bits per heavy atom. The molecule has 1 aromatic rings. The normalized spacial score (nSPS) is 20.3. The predicted octanol–water partition coefficient (Wildman–Crippen LogP) is 0.841. The van der Waals surface area contributed by atoms with Crippen LogP contribution in [0.1, 0.15) is 17.2 Å². The zero-order chi connectivity index (χ0) is 9.97. The van der Waals surface area contributed by atoms with Gasteiger partial charge in [0.05, 0.1) is 7.11 Å². The van der Waals surface area contributed by atoms with Gasteiger partial charge in [-0.05, 0) is 36.2 Å². The van der Waals surface area contributed by atoms with E-state index in [1.54, 1.807) is 7.11 Å². The standard InChI is InChI=1S/C11H16N2O/c1-14-9-2-3-10-8(6-9)4-5-13-11(10)7-12/h2-3,6,11,13H,4-5,7,12H2,1H3. The van der Waals surface area contributed by atoms with Crippen LogP contribution < -0.4 is 15.8 Å². The molecule has 1 unspecified atom stereocenters. The molecule has 2 rings (SSSR count). The maximum absolute atomic E-state index is 5.69. The van der Waals surface area contributed by atoms with Crippen molar-refractivity contribution in [1.29, 1.82) is 0 Å². The third kappa shape index (κ3) is 1.61. The molecule has 1 heterocycles. The van der Waals surface area contributed by atoms with Gasteiger partial charge in [-0.3, -0.25) is 0 Å². The molecule has 0 amide bonds. The molecular weight excluding hydrogens is 176 g/mol.